The minimum Gasteiger partial charge on any atom is -0.494 e. The predicted molar refractivity (Wildman–Crippen MR) is 58.1 cm³/mol. The van der Waals surface area contributed by atoms with E-state index in [0.29, 0.717) is 12.4 Å². The quantitative estimate of drug-likeness (QED) is 0.740. The second-order valence-corrected chi connectivity index (χ2v) is 3.46. The molecule has 0 aromatic heterocycles. The van der Waals surface area contributed by atoms with Crippen molar-refractivity contribution in [2.45, 2.75) is 19.5 Å². The Bertz CT molecular complexity index is 374. The van der Waals surface area contributed by atoms with Crippen molar-refractivity contribution in [1.29, 1.82) is 0 Å². The first kappa shape index (κ1) is 12.5. The number of ether oxygens (including phenoxy) is 2. The van der Waals surface area contributed by atoms with E-state index in [1.807, 2.05) is 6.92 Å². The van der Waals surface area contributed by atoms with Crippen LogP contribution in [0, 0.1) is 0 Å². The molecule has 1 rings (SSSR count). The van der Waals surface area contributed by atoms with Crippen LogP contribution in [0.1, 0.15) is 19.4 Å². The van der Waals surface area contributed by atoms with Crippen LogP contribution in [0.4, 0.5) is 4.39 Å². The van der Waals surface area contributed by atoms with Gasteiger partial charge < -0.3 is 9.47 Å². The van der Waals surface area contributed by atoms with Crippen LogP contribution in [0.5, 0.6) is 5.75 Å². The number of carbonyl (C=O) groups excluding carboxylic acids is 1. The number of alkyl halides is 1. The monoisotopic (exact) mass is 226 g/mol. The molecule has 0 N–H and O–H groups in total. The van der Waals surface area contributed by atoms with Gasteiger partial charge in [0.2, 0.25) is 5.67 Å². The van der Waals surface area contributed by atoms with E-state index in [0.717, 1.165) is 7.11 Å². The van der Waals surface area contributed by atoms with Gasteiger partial charge in [0.1, 0.15) is 5.75 Å². The van der Waals surface area contributed by atoms with Crippen LogP contribution >= 0.6 is 0 Å². The van der Waals surface area contributed by atoms with Gasteiger partial charge in [0, 0.05) is 5.56 Å². The summed E-state index contributed by atoms with van der Waals surface area (Å²) in [6.07, 6.45) is 0. The zero-order chi connectivity index (χ0) is 12.2. The van der Waals surface area contributed by atoms with E-state index in [4.69, 9.17) is 4.74 Å². The van der Waals surface area contributed by atoms with Crippen molar-refractivity contribution < 1.29 is 18.7 Å². The fraction of sp³-hybridized carbons (Fsp3) is 0.417. The molecule has 1 atom stereocenters. The molecule has 0 radical (unpaired) electrons. The average molecular weight is 226 g/mol. The summed E-state index contributed by atoms with van der Waals surface area (Å²) in [5, 5.41) is 0. The fourth-order valence-electron chi connectivity index (χ4n) is 1.35. The number of hydrogen-bond donors (Lipinski definition) is 0. The molecule has 0 spiro atoms. The van der Waals surface area contributed by atoms with Crippen LogP contribution in [0.2, 0.25) is 0 Å². The van der Waals surface area contributed by atoms with Crippen LogP contribution < -0.4 is 4.74 Å². The highest BCUT2D eigenvalue weighted by atomic mass is 19.1. The number of methoxy groups -OCH3 is 1. The molecule has 0 bridgehead atoms. The van der Waals surface area contributed by atoms with Gasteiger partial charge in [-0.15, -0.1) is 0 Å². The van der Waals surface area contributed by atoms with Crippen LogP contribution in [-0.2, 0) is 15.2 Å². The second kappa shape index (κ2) is 4.96. The maximum absolute atomic E-state index is 14.1. The zero-order valence-electron chi connectivity index (χ0n) is 9.62. The zero-order valence-corrected chi connectivity index (χ0v) is 9.62. The summed E-state index contributed by atoms with van der Waals surface area (Å²) in [5.41, 5.74) is -1.92. The highest BCUT2D eigenvalue weighted by molar-refractivity contribution is 5.80. The van der Waals surface area contributed by atoms with Crippen molar-refractivity contribution in [2.75, 3.05) is 13.7 Å². The van der Waals surface area contributed by atoms with E-state index < -0.39 is 11.6 Å². The Morgan fingerprint density at radius 1 is 1.50 bits per heavy atom. The molecule has 1 unspecified atom stereocenters. The van der Waals surface area contributed by atoms with Crippen molar-refractivity contribution in [3.05, 3.63) is 29.8 Å². The molecule has 0 amide bonds. The van der Waals surface area contributed by atoms with Crippen LogP contribution in [0.25, 0.3) is 0 Å². The Morgan fingerprint density at radius 3 is 2.75 bits per heavy atom. The lowest BCUT2D eigenvalue weighted by Gasteiger charge is -2.18. The SMILES string of the molecule is CCOc1cccc(C(C)(F)C(=O)OC)c1. The number of benzene rings is 1. The summed E-state index contributed by atoms with van der Waals surface area (Å²) >= 11 is 0. The number of hydrogen-bond acceptors (Lipinski definition) is 3. The second-order valence-electron chi connectivity index (χ2n) is 3.46. The molecule has 88 valence electrons. The van der Waals surface area contributed by atoms with Crippen LogP contribution in [0.3, 0.4) is 0 Å². The van der Waals surface area contributed by atoms with Gasteiger partial charge >= 0.3 is 5.97 Å². The molecular formula is C12H15FO3. The third-order valence-corrected chi connectivity index (χ3v) is 2.26. The lowest BCUT2D eigenvalue weighted by molar-refractivity contribution is -0.154. The van der Waals surface area contributed by atoms with E-state index in [1.165, 1.54) is 19.1 Å². The molecule has 0 saturated heterocycles. The molecule has 0 saturated carbocycles. The van der Waals surface area contributed by atoms with Gasteiger partial charge in [0.25, 0.3) is 0 Å². The predicted octanol–water partition coefficient (Wildman–Crippen LogP) is 2.44. The standard InChI is InChI=1S/C12H15FO3/c1-4-16-10-7-5-6-9(8-10)12(2,13)11(14)15-3/h5-8H,4H2,1-3H3. The van der Waals surface area contributed by atoms with Gasteiger partial charge in [-0.25, -0.2) is 9.18 Å². The number of rotatable bonds is 4. The van der Waals surface area contributed by atoms with Gasteiger partial charge in [0.05, 0.1) is 13.7 Å². The Balaban J connectivity index is 3.03. The Kier molecular flexibility index (Phi) is 3.88. The van der Waals surface area contributed by atoms with Gasteiger partial charge in [-0.1, -0.05) is 12.1 Å². The normalized spacial score (nSPS) is 14.0. The van der Waals surface area contributed by atoms with Gasteiger partial charge in [-0.3, -0.25) is 0 Å². The summed E-state index contributed by atoms with van der Waals surface area (Å²) < 4.78 is 23.8. The maximum Gasteiger partial charge on any atom is 0.348 e. The van der Waals surface area contributed by atoms with E-state index in [9.17, 15) is 9.18 Å². The van der Waals surface area contributed by atoms with Crippen molar-refractivity contribution in [3.8, 4) is 5.75 Å². The van der Waals surface area contributed by atoms with Gasteiger partial charge in [-0.05, 0) is 26.0 Å². The van der Waals surface area contributed by atoms with Gasteiger partial charge in [0.15, 0.2) is 0 Å². The molecule has 4 heteroatoms. The maximum atomic E-state index is 14.1. The van der Waals surface area contributed by atoms with E-state index in [-0.39, 0.29) is 5.56 Å². The molecule has 16 heavy (non-hydrogen) atoms. The molecule has 1 aromatic carbocycles. The fourth-order valence-corrected chi connectivity index (χ4v) is 1.35. The molecule has 1 aromatic rings. The van der Waals surface area contributed by atoms with Crippen molar-refractivity contribution >= 4 is 5.97 Å². The number of carbonyl (C=O) groups is 1. The molecule has 0 aliphatic rings. The Labute approximate surface area is 94.2 Å². The smallest absolute Gasteiger partial charge is 0.348 e. The molecular weight excluding hydrogens is 211 g/mol. The third kappa shape index (κ3) is 2.51. The summed E-state index contributed by atoms with van der Waals surface area (Å²) in [4.78, 5) is 11.3. The first-order valence-electron chi connectivity index (χ1n) is 5.03. The van der Waals surface area contributed by atoms with Crippen LogP contribution in [-0.4, -0.2) is 19.7 Å². The summed E-state index contributed by atoms with van der Waals surface area (Å²) in [6.45, 7) is 3.50. The first-order chi connectivity index (χ1) is 7.52. The lowest BCUT2D eigenvalue weighted by atomic mass is 9.98. The molecule has 3 nitrogen and oxygen atoms in total. The largest absolute Gasteiger partial charge is 0.494 e. The summed E-state index contributed by atoms with van der Waals surface area (Å²) in [5.74, 6) is -0.381. The summed E-state index contributed by atoms with van der Waals surface area (Å²) in [7, 11) is 1.16. The van der Waals surface area contributed by atoms with E-state index in [2.05, 4.69) is 4.74 Å². The Morgan fingerprint density at radius 2 is 2.19 bits per heavy atom. The molecule has 0 aliphatic heterocycles. The van der Waals surface area contributed by atoms with Crippen LogP contribution in [0.15, 0.2) is 24.3 Å². The van der Waals surface area contributed by atoms with Gasteiger partial charge in [-0.2, -0.15) is 0 Å². The van der Waals surface area contributed by atoms with Crippen molar-refractivity contribution in [1.82, 2.24) is 0 Å². The molecule has 0 heterocycles. The minimum atomic E-state index is -2.15. The first-order valence-corrected chi connectivity index (χ1v) is 5.03. The lowest BCUT2D eigenvalue weighted by Crippen LogP contribution is -2.28. The Hall–Kier alpha value is -1.58. The molecule has 0 fully saturated rings. The number of esters is 1. The summed E-state index contributed by atoms with van der Waals surface area (Å²) in [6, 6.07) is 6.38. The average Bonchev–Trinajstić information content (AvgIpc) is 2.28. The molecule has 0 aliphatic carbocycles. The third-order valence-electron chi connectivity index (χ3n) is 2.26. The topological polar surface area (TPSA) is 35.5 Å². The highest BCUT2D eigenvalue weighted by Crippen LogP contribution is 2.29. The van der Waals surface area contributed by atoms with Crippen molar-refractivity contribution in [3.63, 3.8) is 0 Å². The van der Waals surface area contributed by atoms with E-state index >= 15 is 0 Å². The minimum absolute atomic E-state index is 0.227. The highest BCUT2D eigenvalue weighted by Gasteiger charge is 2.36. The van der Waals surface area contributed by atoms with E-state index in [1.54, 1.807) is 12.1 Å². The van der Waals surface area contributed by atoms with Crippen molar-refractivity contribution in [2.24, 2.45) is 0 Å². The number of halogens is 1.